The molecule has 1 fully saturated rings. The molecule has 1 aliphatic rings. The number of carbonyl (C=O) groups is 1. The molecule has 0 aliphatic heterocycles. The number of likely N-dealkylation sites (N-methyl/N-ethyl adjacent to an activating group) is 1. The van der Waals surface area contributed by atoms with Crippen LogP contribution in [0.4, 0.5) is 0 Å². The second kappa shape index (κ2) is 6.06. The van der Waals surface area contributed by atoms with Crippen molar-refractivity contribution in [2.24, 2.45) is 5.41 Å². The molecular formula is C15H21BrN2O. The number of nitrogens with one attached hydrogen (secondary N) is 1. The molecule has 0 spiro atoms. The summed E-state index contributed by atoms with van der Waals surface area (Å²) in [5.41, 5.74) is 1.15. The number of rotatable bonds is 6. The fourth-order valence-corrected chi connectivity index (χ4v) is 2.90. The van der Waals surface area contributed by atoms with E-state index in [0.29, 0.717) is 0 Å². The number of hydrogen-bond donors (Lipinski definition) is 1. The van der Waals surface area contributed by atoms with Gasteiger partial charge in [0.25, 0.3) is 0 Å². The normalized spacial score (nSPS) is 16.2. The molecule has 1 amide bonds. The van der Waals surface area contributed by atoms with Crippen molar-refractivity contribution in [3.05, 3.63) is 34.3 Å². The summed E-state index contributed by atoms with van der Waals surface area (Å²) in [7, 11) is 3.82. The van der Waals surface area contributed by atoms with Crippen LogP contribution in [-0.4, -0.2) is 38.0 Å². The van der Waals surface area contributed by atoms with Crippen molar-refractivity contribution in [2.75, 3.05) is 27.2 Å². The van der Waals surface area contributed by atoms with Crippen molar-refractivity contribution >= 4 is 21.8 Å². The Hall–Kier alpha value is -0.870. The van der Waals surface area contributed by atoms with E-state index in [1.807, 2.05) is 31.1 Å². The van der Waals surface area contributed by atoms with Gasteiger partial charge in [0, 0.05) is 24.6 Å². The lowest BCUT2D eigenvalue weighted by Gasteiger charge is -2.23. The van der Waals surface area contributed by atoms with Gasteiger partial charge in [0.05, 0.1) is 5.41 Å². The SMILES string of the molecule is CNCC1(C(=O)N(C)CCc2cccc(Br)c2)CC1. The molecule has 1 aliphatic carbocycles. The largest absolute Gasteiger partial charge is 0.345 e. The highest BCUT2D eigenvalue weighted by atomic mass is 79.9. The third-order valence-electron chi connectivity index (χ3n) is 3.79. The molecule has 0 radical (unpaired) electrons. The number of nitrogens with zero attached hydrogens (tertiary/aromatic N) is 1. The summed E-state index contributed by atoms with van der Waals surface area (Å²) >= 11 is 3.47. The smallest absolute Gasteiger partial charge is 0.229 e. The van der Waals surface area contributed by atoms with Crippen LogP contribution in [0.15, 0.2) is 28.7 Å². The predicted molar refractivity (Wildman–Crippen MR) is 81.1 cm³/mol. The standard InChI is InChI=1S/C15H21BrN2O/c1-17-11-15(7-8-15)14(19)18(2)9-6-12-4-3-5-13(16)10-12/h3-5,10,17H,6-9,11H2,1-2H3. The lowest BCUT2D eigenvalue weighted by atomic mass is 10.1. The Bertz CT molecular complexity index is 457. The van der Waals surface area contributed by atoms with Crippen molar-refractivity contribution < 1.29 is 4.79 Å². The molecule has 1 N–H and O–H groups in total. The second-order valence-electron chi connectivity index (χ2n) is 5.42. The maximum Gasteiger partial charge on any atom is 0.229 e. The van der Waals surface area contributed by atoms with Crippen molar-refractivity contribution in [1.82, 2.24) is 10.2 Å². The molecule has 0 bridgehead atoms. The molecule has 0 atom stereocenters. The van der Waals surface area contributed by atoms with Gasteiger partial charge in [-0.05, 0) is 44.0 Å². The van der Waals surface area contributed by atoms with Gasteiger partial charge in [0.15, 0.2) is 0 Å². The zero-order valence-corrected chi connectivity index (χ0v) is 13.2. The summed E-state index contributed by atoms with van der Waals surface area (Å²) in [5, 5.41) is 3.13. The minimum Gasteiger partial charge on any atom is -0.345 e. The molecule has 1 aromatic rings. The van der Waals surface area contributed by atoms with Gasteiger partial charge in [-0.1, -0.05) is 28.1 Å². The summed E-state index contributed by atoms with van der Waals surface area (Å²) in [6.07, 6.45) is 2.94. The molecular weight excluding hydrogens is 304 g/mol. The summed E-state index contributed by atoms with van der Waals surface area (Å²) < 4.78 is 1.09. The molecule has 0 unspecified atom stereocenters. The van der Waals surface area contributed by atoms with Gasteiger partial charge in [0.2, 0.25) is 5.91 Å². The van der Waals surface area contributed by atoms with Crippen LogP contribution in [-0.2, 0) is 11.2 Å². The van der Waals surface area contributed by atoms with E-state index >= 15 is 0 Å². The van der Waals surface area contributed by atoms with Gasteiger partial charge >= 0.3 is 0 Å². The summed E-state index contributed by atoms with van der Waals surface area (Å²) in [4.78, 5) is 14.3. The number of halogens is 1. The Labute approximate surface area is 123 Å². The van der Waals surface area contributed by atoms with Gasteiger partial charge in [-0.25, -0.2) is 0 Å². The van der Waals surface area contributed by atoms with Crippen molar-refractivity contribution in [3.63, 3.8) is 0 Å². The minimum atomic E-state index is -0.110. The van der Waals surface area contributed by atoms with Crippen LogP contribution in [0.1, 0.15) is 18.4 Å². The highest BCUT2D eigenvalue weighted by Gasteiger charge is 2.50. The number of hydrogen-bond acceptors (Lipinski definition) is 2. The minimum absolute atomic E-state index is 0.110. The highest BCUT2D eigenvalue weighted by Crippen LogP contribution is 2.46. The Morgan fingerprint density at radius 3 is 2.79 bits per heavy atom. The fourth-order valence-electron chi connectivity index (χ4n) is 2.45. The van der Waals surface area contributed by atoms with E-state index in [0.717, 1.165) is 36.8 Å². The fraction of sp³-hybridized carbons (Fsp3) is 0.533. The van der Waals surface area contributed by atoms with E-state index in [1.54, 1.807) is 0 Å². The first-order chi connectivity index (χ1) is 9.07. The van der Waals surface area contributed by atoms with Gasteiger partial charge in [-0.15, -0.1) is 0 Å². The summed E-state index contributed by atoms with van der Waals surface area (Å²) in [6, 6.07) is 8.26. The van der Waals surface area contributed by atoms with Crippen LogP contribution in [0.2, 0.25) is 0 Å². The van der Waals surface area contributed by atoms with E-state index in [1.165, 1.54) is 5.56 Å². The Morgan fingerprint density at radius 1 is 1.47 bits per heavy atom. The van der Waals surface area contributed by atoms with Crippen LogP contribution in [0.5, 0.6) is 0 Å². The van der Waals surface area contributed by atoms with E-state index in [9.17, 15) is 4.79 Å². The molecule has 0 saturated heterocycles. The van der Waals surface area contributed by atoms with E-state index in [-0.39, 0.29) is 11.3 Å². The molecule has 19 heavy (non-hydrogen) atoms. The molecule has 2 rings (SSSR count). The van der Waals surface area contributed by atoms with Crippen LogP contribution in [0.25, 0.3) is 0 Å². The number of carbonyl (C=O) groups excluding carboxylic acids is 1. The monoisotopic (exact) mass is 324 g/mol. The van der Waals surface area contributed by atoms with Gasteiger partial charge in [-0.3, -0.25) is 4.79 Å². The van der Waals surface area contributed by atoms with Crippen LogP contribution < -0.4 is 5.32 Å². The lowest BCUT2D eigenvalue weighted by Crippen LogP contribution is -2.39. The third-order valence-corrected chi connectivity index (χ3v) is 4.29. The van der Waals surface area contributed by atoms with E-state index < -0.39 is 0 Å². The topological polar surface area (TPSA) is 32.3 Å². The van der Waals surface area contributed by atoms with Gasteiger partial charge in [0.1, 0.15) is 0 Å². The predicted octanol–water partition coefficient (Wildman–Crippen LogP) is 2.45. The molecule has 0 aromatic heterocycles. The maximum absolute atomic E-state index is 12.4. The van der Waals surface area contributed by atoms with Crippen molar-refractivity contribution in [2.45, 2.75) is 19.3 Å². The van der Waals surface area contributed by atoms with E-state index in [4.69, 9.17) is 0 Å². The second-order valence-corrected chi connectivity index (χ2v) is 6.33. The lowest BCUT2D eigenvalue weighted by molar-refractivity contribution is -0.135. The molecule has 0 heterocycles. The van der Waals surface area contributed by atoms with Crippen molar-refractivity contribution in [3.8, 4) is 0 Å². The number of benzene rings is 1. The molecule has 1 aromatic carbocycles. The zero-order valence-electron chi connectivity index (χ0n) is 11.6. The molecule has 3 nitrogen and oxygen atoms in total. The highest BCUT2D eigenvalue weighted by molar-refractivity contribution is 9.10. The summed E-state index contributed by atoms with van der Waals surface area (Å²) in [6.45, 7) is 1.58. The maximum atomic E-state index is 12.4. The Morgan fingerprint density at radius 2 is 2.21 bits per heavy atom. The van der Waals surface area contributed by atoms with Crippen LogP contribution in [0.3, 0.4) is 0 Å². The third kappa shape index (κ3) is 3.57. The zero-order chi connectivity index (χ0) is 13.9. The van der Waals surface area contributed by atoms with Crippen molar-refractivity contribution in [1.29, 1.82) is 0 Å². The summed E-state index contributed by atoms with van der Waals surface area (Å²) in [5.74, 6) is 0.289. The Kier molecular flexibility index (Phi) is 4.63. The molecule has 104 valence electrons. The Balaban J connectivity index is 1.88. The average Bonchev–Trinajstić information content (AvgIpc) is 3.16. The van der Waals surface area contributed by atoms with Gasteiger partial charge < -0.3 is 10.2 Å². The quantitative estimate of drug-likeness (QED) is 0.871. The molecule has 4 heteroatoms. The first kappa shape index (κ1) is 14.5. The first-order valence-electron chi connectivity index (χ1n) is 6.72. The van der Waals surface area contributed by atoms with Crippen LogP contribution in [0, 0.1) is 5.41 Å². The van der Waals surface area contributed by atoms with Gasteiger partial charge in [-0.2, -0.15) is 0 Å². The average molecular weight is 325 g/mol. The van der Waals surface area contributed by atoms with E-state index in [2.05, 4.69) is 33.4 Å². The first-order valence-corrected chi connectivity index (χ1v) is 7.51. The number of amides is 1. The van der Waals surface area contributed by atoms with Crippen LogP contribution >= 0.6 is 15.9 Å². The molecule has 1 saturated carbocycles.